The number of amides is 1. The van der Waals surface area contributed by atoms with Crippen LogP contribution in [0.25, 0.3) is 0 Å². The number of carbonyl (C=O) groups excluding carboxylic acids is 1. The second-order valence-electron chi connectivity index (χ2n) is 3.11. The van der Waals surface area contributed by atoms with E-state index in [1.807, 2.05) is 0 Å². The zero-order valence-electron chi connectivity index (χ0n) is 8.71. The molecule has 0 heterocycles. The molecule has 6 heteroatoms. The first-order valence-electron chi connectivity index (χ1n) is 4.41. The third-order valence-electron chi connectivity index (χ3n) is 1.74. The fraction of sp³-hybridized carbons (Fsp3) is 0.300. The highest BCUT2D eigenvalue weighted by molar-refractivity contribution is 7.88. The van der Waals surface area contributed by atoms with Gasteiger partial charge in [-0.05, 0) is 18.6 Å². The highest BCUT2D eigenvalue weighted by Gasteiger charge is 2.36. The van der Waals surface area contributed by atoms with Gasteiger partial charge in [-0.3, -0.25) is 4.79 Å². The predicted molar refractivity (Wildman–Crippen MR) is 56.0 cm³/mol. The number of benzene rings is 1. The Hall–Kier alpha value is -1.17. The molecule has 0 bridgehead atoms. The largest absolute Gasteiger partial charge is 0.457 e. The van der Waals surface area contributed by atoms with Crippen molar-refractivity contribution in [2.45, 2.75) is 24.3 Å². The smallest absolute Gasteiger partial charge is 0.272 e. The van der Waals surface area contributed by atoms with Crippen LogP contribution in [0.15, 0.2) is 33.5 Å². The second kappa shape index (κ2) is 4.78. The zero-order valence-corrected chi connectivity index (χ0v) is 9.52. The molecular formula is C10H10F3NOS. The normalized spacial score (nSPS) is 13.8. The number of nitrogens with zero attached hydrogens (tertiary/aromatic N) is 1. The number of hydrogen-bond acceptors (Lipinski definition) is 1. The summed E-state index contributed by atoms with van der Waals surface area (Å²) in [6, 6.07) is 6.06. The van der Waals surface area contributed by atoms with Gasteiger partial charge in [0.2, 0.25) is 5.91 Å². The molecule has 0 fully saturated rings. The maximum Gasteiger partial charge on any atom is 0.457 e. The molecule has 2 nitrogen and oxygen atoms in total. The van der Waals surface area contributed by atoms with Crippen LogP contribution in [0.5, 0.6) is 0 Å². The molecule has 0 radical (unpaired) electrons. The van der Waals surface area contributed by atoms with E-state index in [4.69, 9.17) is 0 Å². The zero-order chi connectivity index (χ0) is 12.3. The van der Waals surface area contributed by atoms with Crippen LogP contribution in [0.3, 0.4) is 0 Å². The van der Waals surface area contributed by atoms with Crippen molar-refractivity contribution in [2.24, 2.45) is 4.36 Å². The van der Waals surface area contributed by atoms with Gasteiger partial charge in [0.25, 0.3) is 0 Å². The summed E-state index contributed by atoms with van der Waals surface area (Å²) in [6.07, 6.45) is 0. The number of halogens is 3. The fourth-order valence-electron chi connectivity index (χ4n) is 1.13. The molecule has 0 aliphatic rings. The monoisotopic (exact) mass is 249 g/mol. The average Bonchev–Trinajstić information content (AvgIpc) is 2.13. The molecule has 16 heavy (non-hydrogen) atoms. The summed E-state index contributed by atoms with van der Waals surface area (Å²) in [6.45, 7) is 2.58. The molecule has 1 amide bonds. The minimum atomic E-state index is -4.52. The van der Waals surface area contributed by atoms with Crippen molar-refractivity contribution in [3.05, 3.63) is 29.8 Å². The number of aryl methyl sites for hydroxylation is 1. The average molecular weight is 249 g/mol. The van der Waals surface area contributed by atoms with E-state index in [1.54, 1.807) is 19.1 Å². The van der Waals surface area contributed by atoms with E-state index in [0.717, 1.165) is 6.92 Å². The van der Waals surface area contributed by atoms with Gasteiger partial charge in [0.15, 0.2) is 0 Å². The lowest BCUT2D eigenvalue weighted by atomic mass is 10.2. The Morgan fingerprint density at radius 2 is 1.88 bits per heavy atom. The minimum Gasteiger partial charge on any atom is -0.272 e. The standard InChI is InChI=1S/C10H10F3NOS/c1-7-5-3-4-6-9(7)16(10(11,12)13)14-8(2)15/h3-6H,1-2H3. The van der Waals surface area contributed by atoms with Gasteiger partial charge >= 0.3 is 5.51 Å². The Morgan fingerprint density at radius 3 is 2.31 bits per heavy atom. The maximum atomic E-state index is 12.7. The molecule has 1 atom stereocenters. The van der Waals surface area contributed by atoms with E-state index in [1.165, 1.54) is 12.1 Å². The molecule has 0 aromatic heterocycles. The molecule has 0 aliphatic carbocycles. The van der Waals surface area contributed by atoms with Crippen LogP contribution in [0.4, 0.5) is 13.2 Å². The van der Waals surface area contributed by atoms with E-state index >= 15 is 0 Å². The first-order valence-corrected chi connectivity index (χ1v) is 5.59. The number of alkyl halides is 3. The van der Waals surface area contributed by atoms with E-state index < -0.39 is 22.1 Å². The Labute approximate surface area is 93.6 Å². The highest BCUT2D eigenvalue weighted by Crippen LogP contribution is 2.30. The molecule has 0 aliphatic heterocycles. The van der Waals surface area contributed by atoms with Crippen molar-refractivity contribution in [3.8, 4) is 0 Å². The molecule has 1 unspecified atom stereocenters. The van der Waals surface area contributed by atoms with Gasteiger partial charge in [-0.2, -0.15) is 17.5 Å². The third-order valence-corrected chi connectivity index (χ3v) is 3.49. The van der Waals surface area contributed by atoms with Gasteiger partial charge in [-0.15, -0.1) is 0 Å². The summed E-state index contributed by atoms with van der Waals surface area (Å²) in [7, 11) is -2.37. The fourth-order valence-corrected chi connectivity index (χ4v) is 2.42. The SMILES string of the molecule is CC(=O)N=S(c1ccccc1C)C(F)(F)F. The molecule has 1 aromatic rings. The van der Waals surface area contributed by atoms with Crippen molar-refractivity contribution < 1.29 is 18.0 Å². The van der Waals surface area contributed by atoms with Crippen LogP contribution in [0.2, 0.25) is 0 Å². The molecule has 0 N–H and O–H groups in total. The molecule has 1 rings (SSSR count). The first-order chi connectivity index (χ1) is 7.32. The highest BCUT2D eigenvalue weighted by atomic mass is 32.2. The first kappa shape index (κ1) is 12.9. The summed E-state index contributed by atoms with van der Waals surface area (Å²) in [4.78, 5) is 10.8. The van der Waals surface area contributed by atoms with Gasteiger partial charge in [0, 0.05) is 22.5 Å². The van der Waals surface area contributed by atoms with E-state index in [0.29, 0.717) is 5.56 Å². The number of hydrogen-bond donors (Lipinski definition) is 0. The number of carbonyl (C=O) groups is 1. The molecule has 1 aromatic carbocycles. The van der Waals surface area contributed by atoms with Crippen LogP contribution < -0.4 is 0 Å². The van der Waals surface area contributed by atoms with Gasteiger partial charge in [0.05, 0.1) is 0 Å². The van der Waals surface area contributed by atoms with Gasteiger partial charge in [-0.25, -0.2) is 0 Å². The van der Waals surface area contributed by atoms with Crippen LogP contribution in [-0.4, -0.2) is 11.4 Å². The summed E-state index contributed by atoms with van der Waals surface area (Å²) in [5, 5.41) is 0. The summed E-state index contributed by atoms with van der Waals surface area (Å²) < 4.78 is 41.3. The Morgan fingerprint density at radius 1 is 1.31 bits per heavy atom. The number of rotatable bonds is 1. The lowest BCUT2D eigenvalue weighted by Crippen LogP contribution is -2.18. The lowest BCUT2D eigenvalue weighted by Gasteiger charge is -2.13. The van der Waals surface area contributed by atoms with E-state index in [-0.39, 0.29) is 4.90 Å². The Bertz CT molecular complexity index is 440. The van der Waals surface area contributed by atoms with Crippen molar-refractivity contribution in [1.82, 2.24) is 0 Å². The van der Waals surface area contributed by atoms with Gasteiger partial charge < -0.3 is 0 Å². The van der Waals surface area contributed by atoms with Crippen molar-refractivity contribution in [3.63, 3.8) is 0 Å². The Balaban J connectivity index is 3.34. The summed E-state index contributed by atoms with van der Waals surface area (Å²) in [5.74, 6) is -0.816. The molecule has 88 valence electrons. The topological polar surface area (TPSA) is 29.4 Å². The second-order valence-corrected chi connectivity index (χ2v) is 4.76. The lowest BCUT2D eigenvalue weighted by molar-refractivity contribution is -0.115. The molecule has 0 spiro atoms. The van der Waals surface area contributed by atoms with Crippen LogP contribution >= 0.6 is 0 Å². The Kier molecular flexibility index (Phi) is 3.85. The van der Waals surface area contributed by atoms with E-state index in [2.05, 4.69) is 4.36 Å². The maximum absolute atomic E-state index is 12.7. The summed E-state index contributed by atoms with van der Waals surface area (Å²) in [5.41, 5.74) is -4.04. The van der Waals surface area contributed by atoms with Crippen molar-refractivity contribution >= 4 is 16.6 Å². The van der Waals surface area contributed by atoms with Crippen molar-refractivity contribution in [1.29, 1.82) is 0 Å². The third kappa shape index (κ3) is 3.16. The van der Waals surface area contributed by atoms with Crippen LogP contribution in [0, 0.1) is 6.92 Å². The van der Waals surface area contributed by atoms with E-state index in [9.17, 15) is 18.0 Å². The summed E-state index contributed by atoms with van der Waals surface area (Å²) >= 11 is 0. The van der Waals surface area contributed by atoms with Crippen LogP contribution in [0.1, 0.15) is 12.5 Å². The molecule has 0 saturated heterocycles. The minimum absolute atomic E-state index is 0.0465. The van der Waals surface area contributed by atoms with Crippen LogP contribution in [-0.2, 0) is 15.5 Å². The van der Waals surface area contributed by atoms with Crippen molar-refractivity contribution in [2.75, 3.05) is 0 Å². The molecular weight excluding hydrogens is 239 g/mol. The van der Waals surface area contributed by atoms with Gasteiger partial charge in [-0.1, -0.05) is 18.2 Å². The quantitative estimate of drug-likeness (QED) is 0.751. The molecule has 0 saturated carbocycles. The van der Waals surface area contributed by atoms with Gasteiger partial charge in [0.1, 0.15) is 0 Å². The predicted octanol–water partition coefficient (Wildman–Crippen LogP) is 3.22.